The number of rotatable bonds is 7. The number of nitrogens with zero attached hydrogens (tertiary/aromatic N) is 3. The van der Waals surface area contributed by atoms with E-state index in [9.17, 15) is 18.0 Å². The van der Waals surface area contributed by atoms with Crippen molar-refractivity contribution in [3.8, 4) is 0 Å². The molecule has 0 spiro atoms. The molecule has 0 radical (unpaired) electrons. The SMILES string of the molecule is CCOC(=O)c1cc2c(cc1Cl)N1CCC(=CC=C3SCCN3CC)C1N2CC(=O)NS(C)(=O)=O. The summed E-state index contributed by atoms with van der Waals surface area (Å²) in [5.74, 6) is -0.149. The highest BCUT2D eigenvalue weighted by Gasteiger charge is 2.43. The first kappa shape index (κ1) is 25.7. The number of amides is 1. The summed E-state index contributed by atoms with van der Waals surface area (Å²) >= 11 is 8.26. The van der Waals surface area contributed by atoms with Gasteiger partial charge in [0, 0.05) is 25.4 Å². The summed E-state index contributed by atoms with van der Waals surface area (Å²) in [6, 6.07) is 3.35. The Morgan fingerprint density at radius 2 is 2.00 bits per heavy atom. The number of sulfonamides is 1. The number of carbonyl (C=O) groups is 2. The molecule has 190 valence electrons. The lowest BCUT2D eigenvalue weighted by molar-refractivity contribution is -0.118. The zero-order valence-electron chi connectivity index (χ0n) is 19.9. The molecule has 9 nitrogen and oxygen atoms in total. The van der Waals surface area contributed by atoms with Gasteiger partial charge in [0.1, 0.15) is 12.7 Å². The van der Waals surface area contributed by atoms with Crippen molar-refractivity contribution in [2.75, 3.05) is 54.6 Å². The average Bonchev–Trinajstić information content (AvgIpc) is 3.47. The molecule has 2 saturated heterocycles. The van der Waals surface area contributed by atoms with Crippen molar-refractivity contribution in [1.82, 2.24) is 9.62 Å². The van der Waals surface area contributed by atoms with Crippen LogP contribution in [0.5, 0.6) is 0 Å². The molecule has 3 aliphatic rings. The molecular weight excluding hydrogens is 512 g/mol. The van der Waals surface area contributed by atoms with E-state index in [1.165, 1.54) is 5.03 Å². The number of nitrogens with one attached hydrogen (secondary N) is 1. The predicted octanol–water partition coefficient (Wildman–Crippen LogP) is 2.79. The Bertz CT molecular complexity index is 1200. The van der Waals surface area contributed by atoms with Gasteiger partial charge in [0.15, 0.2) is 0 Å². The molecule has 0 aromatic heterocycles. The quantitative estimate of drug-likeness (QED) is 0.523. The molecule has 3 aliphatic heterocycles. The Hall–Kier alpha value is -2.37. The van der Waals surface area contributed by atoms with E-state index in [1.807, 2.05) is 21.4 Å². The second kappa shape index (κ2) is 10.3. The Balaban J connectivity index is 1.73. The van der Waals surface area contributed by atoms with Gasteiger partial charge in [0.05, 0.1) is 39.9 Å². The van der Waals surface area contributed by atoms with Crippen LogP contribution in [0.2, 0.25) is 5.02 Å². The number of thioether (sulfide) groups is 1. The summed E-state index contributed by atoms with van der Waals surface area (Å²) in [6.45, 7) is 6.51. The molecule has 1 atom stereocenters. The highest BCUT2D eigenvalue weighted by atomic mass is 35.5. The van der Waals surface area contributed by atoms with Crippen LogP contribution in [0.3, 0.4) is 0 Å². The van der Waals surface area contributed by atoms with E-state index in [2.05, 4.69) is 28.9 Å². The summed E-state index contributed by atoms with van der Waals surface area (Å²) in [5, 5.41) is 1.48. The molecule has 1 unspecified atom stereocenters. The number of allylic oxidation sites excluding steroid dienone is 2. The van der Waals surface area contributed by atoms with E-state index < -0.39 is 21.9 Å². The Labute approximate surface area is 215 Å². The second-order valence-corrected chi connectivity index (χ2v) is 11.7. The highest BCUT2D eigenvalue weighted by molar-refractivity contribution is 8.03. The van der Waals surface area contributed by atoms with Gasteiger partial charge >= 0.3 is 5.97 Å². The van der Waals surface area contributed by atoms with Crippen LogP contribution in [-0.4, -0.2) is 76.2 Å². The minimum Gasteiger partial charge on any atom is -0.462 e. The maximum atomic E-state index is 12.6. The van der Waals surface area contributed by atoms with Crippen LogP contribution in [0.15, 0.2) is 34.9 Å². The molecule has 2 fully saturated rings. The van der Waals surface area contributed by atoms with Crippen LogP contribution in [0.4, 0.5) is 11.4 Å². The zero-order valence-corrected chi connectivity index (χ0v) is 22.3. The third kappa shape index (κ3) is 5.41. The number of carbonyl (C=O) groups excluding carboxylic acids is 2. The molecule has 1 aromatic rings. The van der Waals surface area contributed by atoms with E-state index in [0.717, 1.165) is 42.8 Å². The smallest absolute Gasteiger partial charge is 0.339 e. The van der Waals surface area contributed by atoms with Gasteiger partial charge < -0.3 is 19.4 Å². The summed E-state index contributed by atoms with van der Waals surface area (Å²) in [4.78, 5) is 31.4. The minimum atomic E-state index is -3.71. The van der Waals surface area contributed by atoms with Crippen LogP contribution >= 0.6 is 23.4 Å². The molecule has 1 amide bonds. The number of halogens is 1. The molecule has 12 heteroatoms. The number of ether oxygens (including phenoxy) is 1. The predicted molar refractivity (Wildman–Crippen MR) is 139 cm³/mol. The topological polar surface area (TPSA) is 99.3 Å². The van der Waals surface area contributed by atoms with Crippen LogP contribution < -0.4 is 14.5 Å². The number of fused-ring (bicyclic) bond motifs is 3. The van der Waals surface area contributed by atoms with Crippen molar-refractivity contribution in [2.24, 2.45) is 0 Å². The van der Waals surface area contributed by atoms with E-state index in [4.69, 9.17) is 16.3 Å². The second-order valence-electron chi connectivity index (χ2n) is 8.46. The molecule has 0 bridgehead atoms. The van der Waals surface area contributed by atoms with Gasteiger partial charge in [-0.05, 0) is 44.1 Å². The lowest BCUT2D eigenvalue weighted by atomic mass is 10.1. The number of esters is 1. The first-order valence-corrected chi connectivity index (χ1v) is 14.7. The van der Waals surface area contributed by atoms with Crippen molar-refractivity contribution < 1.29 is 22.7 Å². The van der Waals surface area contributed by atoms with Crippen molar-refractivity contribution in [3.05, 3.63) is 45.5 Å². The Kier molecular flexibility index (Phi) is 7.58. The summed E-state index contributed by atoms with van der Waals surface area (Å²) in [5.41, 5.74) is 2.73. The molecular formula is C23H29ClN4O5S2. The number of benzene rings is 1. The van der Waals surface area contributed by atoms with Crippen molar-refractivity contribution in [1.29, 1.82) is 0 Å². The lowest BCUT2D eigenvalue weighted by Gasteiger charge is -2.28. The van der Waals surface area contributed by atoms with E-state index in [0.29, 0.717) is 12.2 Å². The molecule has 3 heterocycles. The van der Waals surface area contributed by atoms with Gasteiger partial charge in [0.2, 0.25) is 10.0 Å². The fourth-order valence-electron chi connectivity index (χ4n) is 4.67. The van der Waals surface area contributed by atoms with Gasteiger partial charge in [-0.3, -0.25) is 9.52 Å². The van der Waals surface area contributed by atoms with Gasteiger partial charge in [-0.25, -0.2) is 13.2 Å². The molecule has 0 aliphatic carbocycles. The first-order valence-electron chi connectivity index (χ1n) is 11.5. The van der Waals surface area contributed by atoms with Gasteiger partial charge in [-0.15, -0.1) is 11.8 Å². The lowest BCUT2D eigenvalue weighted by Crippen LogP contribution is -2.46. The summed E-state index contributed by atoms with van der Waals surface area (Å²) in [7, 11) is -3.71. The monoisotopic (exact) mass is 540 g/mol. The maximum Gasteiger partial charge on any atom is 0.339 e. The Morgan fingerprint density at radius 1 is 1.23 bits per heavy atom. The van der Waals surface area contributed by atoms with E-state index >= 15 is 0 Å². The van der Waals surface area contributed by atoms with Crippen molar-refractivity contribution in [2.45, 2.75) is 26.4 Å². The van der Waals surface area contributed by atoms with Crippen LogP contribution in [0.1, 0.15) is 30.6 Å². The molecule has 1 aromatic carbocycles. The fraction of sp³-hybridized carbons (Fsp3) is 0.478. The fourth-order valence-corrected chi connectivity index (χ4v) is 6.47. The van der Waals surface area contributed by atoms with Crippen LogP contribution in [-0.2, 0) is 19.6 Å². The zero-order chi connectivity index (χ0) is 25.3. The normalized spacial score (nSPS) is 21.6. The third-order valence-corrected chi connectivity index (χ3v) is 8.09. The summed E-state index contributed by atoms with van der Waals surface area (Å²) < 4.78 is 30.5. The number of hydrogen-bond donors (Lipinski definition) is 1. The average molecular weight is 541 g/mol. The number of hydrogen-bond acceptors (Lipinski definition) is 9. The van der Waals surface area contributed by atoms with Gasteiger partial charge in [-0.2, -0.15) is 0 Å². The van der Waals surface area contributed by atoms with Crippen LogP contribution in [0, 0.1) is 0 Å². The van der Waals surface area contributed by atoms with Crippen molar-refractivity contribution in [3.63, 3.8) is 0 Å². The largest absolute Gasteiger partial charge is 0.462 e. The number of anilines is 2. The molecule has 1 N–H and O–H groups in total. The van der Waals surface area contributed by atoms with Crippen molar-refractivity contribution >= 4 is 56.6 Å². The third-order valence-electron chi connectivity index (χ3n) is 6.10. The molecule has 4 rings (SSSR count). The maximum absolute atomic E-state index is 12.6. The Morgan fingerprint density at radius 3 is 2.69 bits per heavy atom. The van der Waals surface area contributed by atoms with Gasteiger partial charge in [-0.1, -0.05) is 17.7 Å². The minimum absolute atomic E-state index is 0.200. The first-order chi connectivity index (χ1) is 16.6. The van der Waals surface area contributed by atoms with Crippen LogP contribution in [0.25, 0.3) is 0 Å². The van der Waals surface area contributed by atoms with E-state index in [1.54, 1.807) is 19.1 Å². The highest BCUT2D eigenvalue weighted by Crippen LogP contribution is 2.48. The molecule has 35 heavy (non-hydrogen) atoms. The van der Waals surface area contributed by atoms with E-state index in [-0.39, 0.29) is 29.9 Å². The summed E-state index contributed by atoms with van der Waals surface area (Å²) in [6.07, 6.45) is 5.66. The van der Waals surface area contributed by atoms with Gasteiger partial charge in [0.25, 0.3) is 5.91 Å². The standard InChI is InChI=1S/C23H29ClN4O5S2/c1-4-26-10-11-34-21(26)7-6-15-8-9-27-19-13-17(24)16(23(30)33-5-2)12-18(19)28(22(15)27)14-20(29)25-35(3,31)32/h6-7,12-13,22H,4-5,8-11,14H2,1-3H3,(H,25,29). The molecule has 0 saturated carbocycles.